The van der Waals surface area contributed by atoms with Crippen LogP contribution in [0, 0.1) is 0 Å². The van der Waals surface area contributed by atoms with Gasteiger partial charge in [-0.1, -0.05) is 173 Å². The molecular weight excluding hydrogens is 745 g/mol. The third kappa shape index (κ3) is 4.90. The third-order valence-electron chi connectivity index (χ3n) is 14.8. The smallest absolute Gasteiger partial charge is 0.0159 e. The Bertz CT molecular complexity index is 3620. The predicted molar refractivity (Wildman–Crippen MR) is 265 cm³/mol. The molecule has 0 nitrogen and oxygen atoms in total. The topological polar surface area (TPSA) is 0 Å². The van der Waals surface area contributed by atoms with Crippen molar-refractivity contribution in [1.29, 1.82) is 0 Å². The van der Waals surface area contributed by atoms with Crippen LogP contribution in [0.25, 0.3) is 109 Å². The van der Waals surface area contributed by atoms with Gasteiger partial charge in [0.05, 0.1) is 0 Å². The molecule has 0 fully saturated rings. The van der Waals surface area contributed by atoms with Crippen molar-refractivity contribution in [3.05, 3.63) is 216 Å². The van der Waals surface area contributed by atoms with E-state index < -0.39 is 0 Å². The highest BCUT2D eigenvalue weighted by molar-refractivity contribution is 6.34. The number of benzene rings is 11. The molecule has 292 valence electrons. The van der Waals surface area contributed by atoms with Crippen molar-refractivity contribution in [2.75, 3.05) is 0 Å². The fraction of sp³-hybridized carbons (Fsp3) is 0.0968. The second-order valence-corrected chi connectivity index (χ2v) is 18.8. The average Bonchev–Trinajstić information content (AvgIpc) is 3.69. The van der Waals surface area contributed by atoms with Crippen molar-refractivity contribution in [2.45, 2.75) is 38.5 Å². The van der Waals surface area contributed by atoms with E-state index in [9.17, 15) is 0 Å². The summed E-state index contributed by atoms with van der Waals surface area (Å²) in [5.74, 6) is 0. The van der Waals surface area contributed by atoms with Gasteiger partial charge in [0, 0.05) is 10.8 Å². The van der Waals surface area contributed by atoms with Gasteiger partial charge in [-0.3, -0.25) is 0 Å². The molecule has 2 aliphatic carbocycles. The van der Waals surface area contributed by atoms with Crippen LogP contribution in [0.3, 0.4) is 0 Å². The highest BCUT2D eigenvalue weighted by atomic mass is 14.4. The van der Waals surface area contributed by atoms with Gasteiger partial charge in [0.15, 0.2) is 0 Å². The molecule has 0 spiro atoms. The molecule has 11 aromatic carbocycles. The molecule has 0 amide bonds. The number of rotatable bonds is 3. The molecule has 0 saturated heterocycles. The first kappa shape index (κ1) is 35.5. The summed E-state index contributed by atoms with van der Waals surface area (Å²) in [6.45, 7) is 9.52. The van der Waals surface area contributed by atoms with Crippen molar-refractivity contribution >= 4 is 53.9 Å². The Morgan fingerprint density at radius 2 is 0.661 bits per heavy atom. The third-order valence-corrected chi connectivity index (χ3v) is 14.8. The molecule has 62 heavy (non-hydrogen) atoms. The van der Waals surface area contributed by atoms with Crippen molar-refractivity contribution in [1.82, 2.24) is 0 Å². The van der Waals surface area contributed by atoms with E-state index >= 15 is 0 Å². The van der Waals surface area contributed by atoms with E-state index in [4.69, 9.17) is 0 Å². The monoisotopic (exact) mass is 788 g/mol. The molecule has 0 radical (unpaired) electrons. The van der Waals surface area contributed by atoms with Crippen molar-refractivity contribution in [2.24, 2.45) is 0 Å². The minimum atomic E-state index is -0.0906. The van der Waals surface area contributed by atoms with Crippen LogP contribution in [0.4, 0.5) is 0 Å². The number of hydrogen-bond donors (Lipinski definition) is 0. The lowest BCUT2D eigenvalue weighted by atomic mass is 9.80. The Morgan fingerprint density at radius 1 is 0.242 bits per heavy atom. The fourth-order valence-electron chi connectivity index (χ4n) is 11.6. The lowest BCUT2D eigenvalue weighted by Gasteiger charge is -2.23. The van der Waals surface area contributed by atoms with Gasteiger partial charge in [-0.05, 0) is 180 Å². The number of fused-ring (bicyclic) bond motifs is 15. The largest absolute Gasteiger partial charge is 0.0619 e. The van der Waals surface area contributed by atoms with E-state index in [1.54, 1.807) is 0 Å². The maximum Gasteiger partial charge on any atom is 0.0159 e. The molecule has 13 rings (SSSR count). The summed E-state index contributed by atoms with van der Waals surface area (Å²) in [7, 11) is 0. The standard InChI is InChI=1S/C62H44/c1-61(2)56-23-13-11-20-47(56)49-27-25-39(34-58(49)61)41-29-42(40-26-28-50-48-21-12-14-24-57(48)62(3,4)59(50)35-40)31-43(30-41)52-36-55-45-18-8-7-17-44(45)53-32-37-15-5-6-16-38(37)33-54(53)60(55)51-22-10-9-19-46(51)52/h5-36H,1-4H3. The molecule has 0 bridgehead atoms. The van der Waals surface area contributed by atoms with Crippen LogP contribution in [0.2, 0.25) is 0 Å². The summed E-state index contributed by atoms with van der Waals surface area (Å²) in [5, 5.41) is 12.9. The summed E-state index contributed by atoms with van der Waals surface area (Å²) < 4.78 is 0. The van der Waals surface area contributed by atoms with Crippen LogP contribution in [0.1, 0.15) is 49.9 Å². The van der Waals surface area contributed by atoms with Gasteiger partial charge >= 0.3 is 0 Å². The van der Waals surface area contributed by atoms with E-state index in [1.807, 2.05) is 0 Å². The Kier molecular flexibility index (Phi) is 7.23. The van der Waals surface area contributed by atoms with Crippen LogP contribution in [-0.2, 0) is 10.8 Å². The maximum absolute atomic E-state index is 2.50. The first-order chi connectivity index (χ1) is 30.2. The summed E-state index contributed by atoms with van der Waals surface area (Å²) in [6, 6.07) is 73.9. The molecule has 0 aliphatic heterocycles. The average molecular weight is 789 g/mol. The molecule has 0 heteroatoms. The Hall–Kier alpha value is -7.28. The second kappa shape index (κ2) is 12.6. The molecule has 2 aliphatic rings. The first-order valence-electron chi connectivity index (χ1n) is 22.1. The molecule has 0 saturated carbocycles. The molecule has 0 aromatic heterocycles. The van der Waals surface area contributed by atoms with Crippen LogP contribution in [-0.4, -0.2) is 0 Å². The van der Waals surface area contributed by atoms with E-state index in [-0.39, 0.29) is 10.8 Å². The highest BCUT2D eigenvalue weighted by Crippen LogP contribution is 2.52. The maximum atomic E-state index is 2.50. The summed E-state index contributed by atoms with van der Waals surface area (Å²) >= 11 is 0. The van der Waals surface area contributed by atoms with Crippen LogP contribution in [0.5, 0.6) is 0 Å². The molecule has 11 aromatic rings. The van der Waals surface area contributed by atoms with Crippen LogP contribution in [0.15, 0.2) is 194 Å². The minimum absolute atomic E-state index is 0.0906. The van der Waals surface area contributed by atoms with Gasteiger partial charge in [-0.15, -0.1) is 0 Å². The minimum Gasteiger partial charge on any atom is -0.0619 e. The van der Waals surface area contributed by atoms with Crippen molar-refractivity contribution in [3.8, 4) is 55.6 Å². The van der Waals surface area contributed by atoms with Gasteiger partial charge in [-0.2, -0.15) is 0 Å². The van der Waals surface area contributed by atoms with Crippen LogP contribution < -0.4 is 0 Å². The zero-order valence-electron chi connectivity index (χ0n) is 35.5. The van der Waals surface area contributed by atoms with E-state index in [0.29, 0.717) is 0 Å². The van der Waals surface area contributed by atoms with Gasteiger partial charge in [-0.25, -0.2) is 0 Å². The SMILES string of the molecule is CC1(C)c2ccccc2-c2ccc(-c3cc(-c4ccc5c(c4)C(C)(C)c4ccccc4-5)cc(-c4cc5c6ccccc6c6cc7ccccc7cc6c5c5ccccc45)c3)cc21. The zero-order valence-corrected chi connectivity index (χ0v) is 35.5. The van der Waals surface area contributed by atoms with Gasteiger partial charge in [0.2, 0.25) is 0 Å². The Labute approximate surface area is 362 Å². The van der Waals surface area contributed by atoms with E-state index in [1.165, 1.54) is 132 Å². The van der Waals surface area contributed by atoms with Gasteiger partial charge in [0.25, 0.3) is 0 Å². The van der Waals surface area contributed by atoms with E-state index in [0.717, 1.165) is 0 Å². The summed E-state index contributed by atoms with van der Waals surface area (Å²) in [4.78, 5) is 0. The normalized spacial score (nSPS) is 14.4. The quantitative estimate of drug-likeness (QED) is 0.124. The first-order valence-corrected chi connectivity index (χ1v) is 22.1. The second-order valence-electron chi connectivity index (χ2n) is 18.8. The van der Waals surface area contributed by atoms with Crippen LogP contribution >= 0.6 is 0 Å². The Morgan fingerprint density at radius 3 is 1.24 bits per heavy atom. The van der Waals surface area contributed by atoms with Gasteiger partial charge < -0.3 is 0 Å². The van der Waals surface area contributed by atoms with Crippen molar-refractivity contribution < 1.29 is 0 Å². The molecule has 0 heterocycles. The molecule has 0 unspecified atom stereocenters. The fourth-order valence-corrected chi connectivity index (χ4v) is 11.6. The number of hydrogen-bond acceptors (Lipinski definition) is 0. The summed E-state index contributed by atoms with van der Waals surface area (Å²) in [6.07, 6.45) is 0. The zero-order chi connectivity index (χ0) is 41.5. The van der Waals surface area contributed by atoms with Gasteiger partial charge in [0.1, 0.15) is 0 Å². The lowest BCUT2D eigenvalue weighted by Crippen LogP contribution is -2.15. The Balaban J connectivity index is 1.09. The predicted octanol–water partition coefficient (Wildman–Crippen LogP) is 17.1. The highest BCUT2D eigenvalue weighted by Gasteiger charge is 2.36. The molecule has 0 atom stereocenters. The molecule has 0 N–H and O–H groups in total. The molecular formula is C62H44. The van der Waals surface area contributed by atoms with Crippen molar-refractivity contribution in [3.63, 3.8) is 0 Å². The lowest BCUT2D eigenvalue weighted by molar-refractivity contribution is 0.660. The van der Waals surface area contributed by atoms with E-state index in [2.05, 4.69) is 222 Å². The summed E-state index contributed by atoms with van der Waals surface area (Å²) in [5.41, 5.74) is 18.2.